The van der Waals surface area contributed by atoms with Crippen molar-refractivity contribution in [1.29, 1.82) is 0 Å². The average molecular weight is 252 g/mol. The molecule has 18 heavy (non-hydrogen) atoms. The summed E-state index contributed by atoms with van der Waals surface area (Å²) in [5.41, 5.74) is 5.68. The lowest BCUT2D eigenvalue weighted by Gasteiger charge is -2.35. The third-order valence-electron chi connectivity index (χ3n) is 3.34. The molecule has 0 spiro atoms. The molecule has 1 fully saturated rings. The number of carbonyl (C=O) groups is 1. The molecule has 98 valence electrons. The van der Waals surface area contributed by atoms with Gasteiger partial charge in [0, 0.05) is 19.6 Å². The van der Waals surface area contributed by atoms with Gasteiger partial charge in [-0.05, 0) is 37.0 Å². The van der Waals surface area contributed by atoms with E-state index in [4.69, 9.17) is 5.73 Å². The van der Waals surface area contributed by atoms with E-state index >= 15 is 0 Å². The Kier molecular flexibility index (Phi) is 3.52. The molecule has 0 radical (unpaired) electrons. The first-order valence-corrected chi connectivity index (χ1v) is 5.97. The number of nitrogens with two attached hydrogens (primary N) is 1. The van der Waals surface area contributed by atoms with Gasteiger partial charge >= 0.3 is 0 Å². The van der Waals surface area contributed by atoms with Crippen molar-refractivity contribution < 1.29 is 14.3 Å². The predicted octanol–water partition coefficient (Wildman–Crippen LogP) is 1.34. The van der Waals surface area contributed by atoms with Crippen LogP contribution in [0.5, 0.6) is 5.75 Å². The zero-order valence-electron chi connectivity index (χ0n) is 10.3. The largest absolute Gasteiger partial charge is 0.507 e. The van der Waals surface area contributed by atoms with Gasteiger partial charge in [-0.1, -0.05) is 0 Å². The molecule has 1 aromatic carbocycles. The smallest absolute Gasteiger partial charge is 0.257 e. The van der Waals surface area contributed by atoms with Crippen LogP contribution in [0.15, 0.2) is 18.2 Å². The number of phenolic OH excluding ortho intramolecular Hbond substituents is 1. The maximum atomic E-state index is 13.1. The van der Waals surface area contributed by atoms with Gasteiger partial charge in [-0.2, -0.15) is 0 Å². The zero-order chi connectivity index (χ0) is 13.3. The first-order chi connectivity index (χ1) is 8.47. The molecule has 0 bridgehead atoms. The number of benzene rings is 1. The van der Waals surface area contributed by atoms with E-state index in [2.05, 4.69) is 0 Å². The number of halogens is 1. The van der Waals surface area contributed by atoms with Crippen LogP contribution in [0.3, 0.4) is 0 Å². The Hall–Kier alpha value is -1.62. The van der Waals surface area contributed by atoms with Gasteiger partial charge in [0.2, 0.25) is 0 Å². The number of carbonyl (C=O) groups excluding carboxylic acids is 1. The Labute approximate surface area is 105 Å². The van der Waals surface area contributed by atoms with E-state index in [1.807, 2.05) is 0 Å². The standard InChI is InChI=1S/C13H17FN2O2/c1-16(7-8-4-10(15)5-8)13(18)11-6-9(14)2-3-12(11)17/h2-3,6,8,10,17H,4-5,7,15H2,1H3. The summed E-state index contributed by atoms with van der Waals surface area (Å²) >= 11 is 0. The van der Waals surface area contributed by atoms with Crippen molar-refractivity contribution >= 4 is 5.91 Å². The monoisotopic (exact) mass is 252 g/mol. The van der Waals surface area contributed by atoms with E-state index in [1.165, 1.54) is 11.0 Å². The lowest BCUT2D eigenvalue weighted by molar-refractivity contribution is 0.0730. The van der Waals surface area contributed by atoms with Crippen LogP contribution in [0.4, 0.5) is 4.39 Å². The van der Waals surface area contributed by atoms with Crippen molar-refractivity contribution in [2.24, 2.45) is 11.7 Å². The first-order valence-electron chi connectivity index (χ1n) is 5.97. The maximum absolute atomic E-state index is 13.1. The van der Waals surface area contributed by atoms with Crippen LogP contribution in [0.25, 0.3) is 0 Å². The summed E-state index contributed by atoms with van der Waals surface area (Å²) in [4.78, 5) is 13.5. The van der Waals surface area contributed by atoms with Gasteiger partial charge in [0.05, 0.1) is 5.56 Å². The molecule has 0 saturated heterocycles. The summed E-state index contributed by atoms with van der Waals surface area (Å²) in [5, 5.41) is 9.57. The molecule has 1 aromatic rings. The third-order valence-corrected chi connectivity index (χ3v) is 3.34. The molecule has 1 saturated carbocycles. The van der Waals surface area contributed by atoms with Crippen LogP contribution in [0.1, 0.15) is 23.2 Å². The summed E-state index contributed by atoms with van der Waals surface area (Å²) in [6.07, 6.45) is 1.82. The summed E-state index contributed by atoms with van der Waals surface area (Å²) in [6, 6.07) is 3.61. The Morgan fingerprint density at radius 2 is 2.22 bits per heavy atom. The lowest BCUT2D eigenvalue weighted by Crippen LogP contribution is -2.43. The zero-order valence-corrected chi connectivity index (χ0v) is 10.3. The van der Waals surface area contributed by atoms with Crippen LogP contribution >= 0.6 is 0 Å². The SMILES string of the molecule is CN(CC1CC(N)C1)C(=O)c1cc(F)ccc1O. The highest BCUT2D eigenvalue weighted by atomic mass is 19.1. The summed E-state index contributed by atoms with van der Waals surface area (Å²) in [7, 11) is 1.65. The molecular weight excluding hydrogens is 235 g/mol. The first kappa shape index (κ1) is 12.8. The number of amides is 1. The molecule has 0 heterocycles. The maximum Gasteiger partial charge on any atom is 0.257 e. The van der Waals surface area contributed by atoms with E-state index < -0.39 is 5.82 Å². The fraction of sp³-hybridized carbons (Fsp3) is 0.462. The number of rotatable bonds is 3. The average Bonchev–Trinajstić information content (AvgIpc) is 2.29. The second kappa shape index (κ2) is 4.94. The molecule has 1 aliphatic rings. The minimum Gasteiger partial charge on any atom is -0.507 e. The lowest BCUT2D eigenvalue weighted by atomic mass is 9.80. The van der Waals surface area contributed by atoms with Crippen LogP contribution in [0.2, 0.25) is 0 Å². The van der Waals surface area contributed by atoms with Crippen molar-refractivity contribution in [3.05, 3.63) is 29.6 Å². The van der Waals surface area contributed by atoms with E-state index in [1.54, 1.807) is 7.05 Å². The van der Waals surface area contributed by atoms with Crippen molar-refractivity contribution in [3.63, 3.8) is 0 Å². The molecule has 4 nitrogen and oxygen atoms in total. The van der Waals surface area contributed by atoms with Crippen molar-refractivity contribution in [1.82, 2.24) is 4.90 Å². The Bertz CT molecular complexity index is 458. The number of nitrogens with zero attached hydrogens (tertiary/aromatic N) is 1. The second-order valence-corrected chi connectivity index (χ2v) is 4.94. The van der Waals surface area contributed by atoms with Gasteiger partial charge in [0.25, 0.3) is 5.91 Å². The van der Waals surface area contributed by atoms with E-state index in [0.29, 0.717) is 12.5 Å². The van der Waals surface area contributed by atoms with Gasteiger partial charge in [-0.3, -0.25) is 4.79 Å². The molecule has 0 aromatic heterocycles. The molecule has 5 heteroatoms. The molecule has 0 aliphatic heterocycles. The van der Waals surface area contributed by atoms with Crippen molar-refractivity contribution in [2.75, 3.05) is 13.6 Å². The molecule has 0 unspecified atom stereocenters. The Morgan fingerprint density at radius 3 is 2.83 bits per heavy atom. The molecule has 0 atom stereocenters. The Balaban J connectivity index is 2.03. The number of hydrogen-bond donors (Lipinski definition) is 2. The van der Waals surface area contributed by atoms with Crippen LogP contribution in [-0.4, -0.2) is 35.5 Å². The minimum atomic E-state index is -0.532. The molecular formula is C13H17FN2O2. The summed E-state index contributed by atoms with van der Waals surface area (Å²) in [6.45, 7) is 0.586. The van der Waals surface area contributed by atoms with E-state index in [0.717, 1.165) is 25.0 Å². The van der Waals surface area contributed by atoms with Crippen LogP contribution in [0, 0.1) is 11.7 Å². The van der Waals surface area contributed by atoms with Gasteiger partial charge in [0.1, 0.15) is 11.6 Å². The van der Waals surface area contributed by atoms with Crippen molar-refractivity contribution in [2.45, 2.75) is 18.9 Å². The van der Waals surface area contributed by atoms with Crippen LogP contribution < -0.4 is 5.73 Å². The van der Waals surface area contributed by atoms with Crippen LogP contribution in [-0.2, 0) is 0 Å². The second-order valence-electron chi connectivity index (χ2n) is 4.94. The number of phenols is 1. The van der Waals surface area contributed by atoms with E-state index in [-0.39, 0.29) is 23.3 Å². The molecule has 1 amide bonds. The van der Waals surface area contributed by atoms with Gasteiger partial charge in [0.15, 0.2) is 0 Å². The third kappa shape index (κ3) is 2.61. The minimum absolute atomic E-state index is 0.00104. The van der Waals surface area contributed by atoms with Crippen molar-refractivity contribution in [3.8, 4) is 5.75 Å². The molecule has 3 N–H and O–H groups in total. The quantitative estimate of drug-likeness (QED) is 0.853. The summed E-state index contributed by atoms with van der Waals surface area (Å²) in [5.74, 6) is -0.689. The fourth-order valence-corrected chi connectivity index (χ4v) is 2.29. The highest BCUT2D eigenvalue weighted by molar-refractivity contribution is 5.96. The normalized spacial score (nSPS) is 22.4. The molecule has 2 rings (SSSR count). The number of hydrogen-bond acceptors (Lipinski definition) is 3. The van der Waals surface area contributed by atoms with E-state index in [9.17, 15) is 14.3 Å². The fourth-order valence-electron chi connectivity index (χ4n) is 2.29. The predicted molar refractivity (Wildman–Crippen MR) is 65.7 cm³/mol. The van der Waals surface area contributed by atoms with Gasteiger partial charge in [-0.15, -0.1) is 0 Å². The Morgan fingerprint density at radius 1 is 1.56 bits per heavy atom. The number of aromatic hydroxyl groups is 1. The molecule has 1 aliphatic carbocycles. The van der Waals surface area contributed by atoms with Gasteiger partial charge < -0.3 is 15.7 Å². The topological polar surface area (TPSA) is 66.6 Å². The highest BCUT2D eigenvalue weighted by Gasteiger charge is 2.28. The van der Waals surface area contributed by atoms with Gasteiger partial charge in [-0.25, -0.2) is 4.39 Å². The summed E-state index contributed by atoms with van der Waals surface area (Å²) < 4.78 is 13.1. The highest BCUT2D eigenvalue weighted by Crippen LogP contribution is 2.27.